The molecule has 0 radical (unpaired) electrons. The number of likely N-dealkylation sites (N-methyl/N-ethyl adjacent to an activating group) is 1. The summed E-state index contributed by atoms with van der Waals surface area (Å²) < 4.78 is -0.170. The second-order valence-corrected chi connectivity index (χ2v) is 3.54. The first kappa shape index (κ1) is 7.65. The van der Waals surface area contributed by atoms with Gasteiger partial charge in [0.1, 0.15) is 24.2 Å². The van der Waals surface area contributed by atoms with Gasteiger partial charge < -0.3 is 9.85 Å². The Bertz CT molecular complexity index is 294. The van der Waals surface area contributed by atoms with E-state index in [0.29, 0.717) is 13.1 Å². The summed E-state index contributed by atoms with van der Waals surface area (Å²) in [6.07, 6.45) is 2.02. The maximum absolute atomic E-state index is 11.6. The molecule has 0 N–H and O–H groups in total. The molecule has 0 fully saturated rings. The van der Waals surface area contributed by atoms with E-state index in [1.807, 2.05) is 24.6 Å². The van der Waals surface area contributed by atoms with Crippen molar-refractivity contribution in [3.8, 4) is 0 Å². The average molecular weight is 162 g/mol. The van der Waals surface area contributed by atoms with Gasteiger partial charge in [0, 0.05) is 12.1 Å². The van der Waals surface area contributed by atoms with E-state index in [0.717, 1.165) is 0 Å². The van der Waals surface area contributed by atoms with Crippen molar-refractivity contribution in [2.24, 2.45) is 0 Å². The van der Waals surface area contributed by atoms with Crippen molar-refractivity contribution >= 4 is 0 Å². The zero-order valence-electron chi connectivity index (χ0n) is 7.16. The third-order valence-corrected chi connectivity index (χ3v) is 2.26. The summed E-state index contributed by atoms with van der Waals surface area (Å²) in [6, 6.07) is 8.08. The molecule has 0 bridgehead atoms. The number of nitrogens with zero attached hydrogens (tertiary/aromatic N) is 1. The summed E-state index contributed by atoms with van der Waals surface area (Å²) in [6.45, 7) is 1.20. The van der Waals surface area contributed by atoms with Crippen molar-refractivity contribution in [2.75, 3.05) is 13.6 Å². The van der Waals surface area contributed by atoms with Crippen LogP contribution in [0.4, 0.5) is 0 Å². The molecular formula is C10H12NO+. The molecule has 0 saturated carbocycles. The van der Waals surface area contributed by atoms with Crippen LogP contribution in [0.3, 0.4) is 0 Å². The van der Waals surface area contributed by atoms with Crippen LogP contribution < -0.4 is 0 Å². The highest BCUT2D eigenvalue weighted by atomic mass is 16.5. The minimum Gasteiger partial charge on any atom is -0.631 e. The molecule has 2 rings (SSSR count). The number of benzene rings is 1. The summed E-state index contributed by atoms with van der Waals surface area (Å²) in [4.78, 5) is 0. The van der Waals surface area contributed by atoms with Crippen LogP contribution in [-0.2, 0) is 6.54 Å². The van der Waals surface area contributed by atoms with Gasteiger partial charge in [-0.25, -0.2) is 0 Å². The van der Waals surface area contributed by atoms with E-state index in [1.54, 1.807) is 7.05 Å². The van der Waals surface area contributed by atoms with E-state index in [2.05, 4.69) is 6.07 Å². The topological polar surface area (TPSA) is 23.1 Å². The summed E-state index contributed by atoms with van der Waals surface area (Å²) in [5.41, 5.74) is 2.39. The van der Waals surface area contributed by atoms with E-state index in [-0.39, 0.29) is 4.65 Å². The SMILES string of the molecule is C[N+]1([O-])C[CH+]c2ccccc2C1. The third-order valence-electron chi connectivity index (χ3n) is 2.26. The first-order valence-electron chi connectivity index (χ1n) is 4.14. The maximum Gasteiger partial charge on any atom is 0.149 e. The Morgan fingerprint density at radius 1 is 1.42 bits per heavy atom. The third kappa shape index (κ3) is 1.31. The first-order valence-corrected chi connectivity index (χ1v) is 4.14. The van der Waals surface area contributed by atoms with Gasteiger partial charge in [0.15, 0.2) is 0 Å². The highest BCUT2D eigenvalue weighted by Crippen LogP contribution is 2.22. The molecule has 12 heavy (non-hydrogen) atoms. The number of rotatable bonds is 0. The monoisotopic (exact) mass is 162 g/mol. The van der Waals surface area contributed by atoms with Crippen LogP contribution in [0.2, 0.25) is 0 Å². The normalized spacial score (nSPS) is 27.5. The minimum absolute atomic E-state index is 0.170. The Kier molecular flexibility index (Phi) is 1.60. The molecule has 1 heterocycles. The molecule has 1 unspecified atom stereocenters. The molecule has 62 valence electrons. The van der Waals surface area contributed by atoms with Crippen LogP contribution in [0, 0.1) is 11.6 Å². The molecule has 2 heteroatoms. The lowest BCUT2D eigenvalue weighted by atomic mass is 10.0. The van der Waals surface area contributed by atoms with E-state index in [4.69, 9.17) is 0 Å². The fourth-order valence-electron chi connectivity index (χ4n) is 1.59. The first-order chi connectivity index (χ1) is 5.67. The van der Waals surface area contributed by atoms with Crippen molar-refractivity contribution in [3.63, 3.8) is 0 Å². The van der Waals surface area contributed by atoms with Crippen LogP contribution in [-0.4, -0.2) is 18.2 Å². The van der Waals surface area contributed by atoms with Gasteiger partial charge in [-0.05, 0) is 12.1 Å². The Morgan fingerprint density at radius 2 is 2.17 bits per heavy atom. The molecule has 1 aromatic carbocycles. The summed E-state index contributed by atoms with van der Waals surface area (Å²) in [5.74, 6) is 0. The molecule has 0 aliphatic carbocycles. The van der Waals surface area contributed by atoms with Gasteiger partial charge in [0.2, 0.25) is 0 Å². The predicted molar refractivity (Wildman–Crippen MR) is 48.0 cm³/mol. The highest BCUT2D eigenvalue weighted by molar-refractivity contribution is 5.33. The van der Waals surface area contributed by atoms with Gasteiger partial charge in [-0.3, -0.25) is 0 Å². The van der Waals surface area contributed by atoms with Crippen molar-refractivity contribution in [3.05, 3.63) is 47.0 Å². The predicted octanol–water partition coefficient (Wildman–Crippen LogP) is 1.70. The minimum atomic E-state index is -0.170. The van der Waals surface area contributed by atoms with Gasteiger partial charge in [-0.15, -0.1) is 0 Å². The Hall–Kier alpha value is -0.990. The number of quaternary nitrogens is 1. The van der Waals surface area contributed by atoms with E-state index >= 15 is 0 Å². The number of fused-ring (bicyclic) bond motifs is 1. The van der Waals surface area contributed by atoms with Crippen LogP contribution in [0.5, 0.6) is 0 Å². The van der Waals surface area contributed by atoms with Crippen molar-refractivity contribution in [2.45, 2.75) is 6.54 Å². The zero-order valence-corrected chi connectivity index (χ0v) is 7.16. The van der Waals surface area contributed by atoms with Gasteiger partial charge in [0.25, 0.3) is 0 Å². The molecule has 0 spiro atoms. The molecular weight excluding hydrogens is 150 g/mol. The maximum atomic E-state index is 11.6. The van der Waals surface area contributed by atoms with Crippen molar-refractivity contribution < 1.29 is 4.65 Å². The average Bonchev–Trinajstić information content (AvgIpc) is 2.02. The van der Waals surface area contributed by atoms with Gasteiger partial charge in [-0.2, -0.15) is 0 Å². The fourth-order valence-corrected chi connectivity index (χ4v) is 1.59. The second kappa shape index (κ2) is 2.51. The van der Waals surface area contributed by atoms with Gasteiger partial charge in [0.05, 0.1) is 13.5 Å². The van der Waals surface area contributed by atoms with Gasteiger partial charge in [-0.1, -0.05) is 0 Å². The summed E-state index contributed by atoms with van der Waals surface area (Å²) in [5, 5.41) is 11.6. The number of hydrogen-bond acceptors (Lipinski definition) is 1. The molecule has 0 saturated heterocycles. The van der Waals surface area contributed by atoms with E-state index in [9.17, 15) is 5.21 Å². The molecule has 0 aromatic heterocycles. The Morgan fingerprint density at radius 3 is 3.00 bits per heavy atom. The van der Waals surface area contributed by atoms with Crippen LogP contribution in [0.1, 0.15) is 11.1 Å². The molecule has 1 aliphatic rings. The Labute approximate surface area is 72.6 Å². The van der Waals surface area contributed by atoms with E-state index < -0.39 is 0 Å². The quantitative estimate of drug-likeness (QED) is 0.323. The molecule has 1 aromatic rings. The lowest BCUT2D eigenvalue weighted by Gasteiger charge is -2.38. The second-order valence-electron chi connectivity index (χ2n) is 3.54. The zero-order chi connectivity index (χ0) is 8.60. The van der Waals surface area contributed by atoms with Crippen LogP contribution >= 0.6 is 0 Å². The molecule has 0 amide bonds. The standard InChI is InChI=1S/C10H12NO/c1-11(12)7-6-9-4-2-3-5-10(9)8-11/h2-6H,7-8H2,1H3/q+1. The fraction of sp³-hybridized carbons (Fsp3) is 0.300. The van der Waals surface area contributed by atoms with Crippen LogP contribution in [0.15, 0.2) is 24.3 Å². The van der Waals surface area contributed by atoms with Crippen molar-refractivity contribution in [1.82, 2.24) is 0 Å². The highest BCUT2D eigenvalue weighted by Gasteiger charge is 2.26. The molecule has 1 aliphatic heterocycles. The summed E-state index contributed by atoms with van der Waals surface area (Å²) in [7, 11) is 1.71. The largest absolute Gasteiger partial charge is 0.631 e. The number of hydrogen-bond donors (Lipinski definition) is 0. The smallest absolute Gasteiger partial charge is 0.149 e. The molecule has 2 nitrogen and oxygen atoms in total. The number of hydroxylamine groups is 3. The lowest BCUT2D eigenvalue weighted by molar-refractivity contribution is -0.871. The van der Waals surface area contributed by atoms with Gasteiger partial charge >= 0.3 is 0 Å². The van der Waals surface area contributed by atoms with Crippen molar-refractivity contribution in [1.29, 1.82) is 0 Å². The molecule has 1 atom stereocenters. The van der Waals surface area contributed by atoms with Crippen LogP contribution in [0.25, 0.3) is 0 Å². The summed E-state index contributed by atoms with van der Waals surface area (Å²) >= 11 is 0. The lowest BCUT2D eigenvalue weighted by Crippen LogP contribution is -2.41. The van der Waals surface area contributed by atoms with E-state index in [1.165, 1.54) is 11.1 Å². The Balaban J connectivity index is 2.35.